The number of allylic oxidation sites excluding steroid dienone is 2. The van der Waals surface area contributed by atoms with E-state index in [1.807, 2.05) is 36.4 Å². The van der Waals surface area contributed by atoms with Crippen molar-refractivity contribution in [1.29, 1.82) is 0 Å². The number of fused-ring (bicyclic) bond motifs is 2. The molecule has 1 aromatic heterocycles. The van der Waals surface area contributed by atoms with Crippen molar-refractivity contribution in [3.8, 4) is 0 Å². The average Bonchev–Trinajstić information content (AvgIpc) is 3.38. The van der Waals surface area contributed by atoms with Crippen molar-refractivity contribution in [3.05, 3.63) is 82.6 Å². The molecular weight excluding hydrogens is 457 g/mol. The van der Waals surface area contributed by atoms with Crippen molar-refractivity contribution in [3.63, 3.8) is 0 Å². The normalized spacial score (nSPS) is 25.8. The molecule has 1 N–H and O–H groups in total. The topological polar surface area (TPSA) is 80.1 Å². The summed E-state index contributed by atoms with van der Waals surface area (Å²) in [7, 11) is 0. The van der Waals surface area contributed by atoms with Crippen LogP contribution in [-0.4, -0.2) is 26.6 Å². The summed E-state index contributed by atoms with van der Waals surface area (Å²) < 4.78 is 15.3. The summed E-state index contributed by atoms with van der Waals surface area (Å²) in [5, 5.41) is 8.64. The zero-order valence-corrected chi connectivity index (χ0v) is 18.8. The number of nitrogens with one attached hydrogen (secondary N) is 1. The van der Waals surface area contributed by atoms with Crippen LogP contribution in [0.4, 0.5) is 16.3 Å². The number of carbonyl (C=O) groups excluding carboxylic acids is 2. The van der Waals surface area contributed by atoms with Gasteiger partial charge in [-0.15, -0.1) is 5.10 Å². The van der Waals surface area contributed by atoms with E-state index in [4.69, 9.17) is 11.6 Å². The quantitative estimate of drug-likeness (QED) is 0.438. The van der Waals surface area contributed by atoms with Crippen LogP contribution in [0.2, 0.25) is 5.02 Å². The first kappa shape index (κ1) is 21.0. The Kier molecular flexibility index (Phi) is 4.99. The lowest BCUT2D eigenvalue weighted by Crippen LogP contribution is -2.32. The minimum atomic E-state index is -0.360. The lowest BCUT2D eigenvalue weighted by molar-refractivity contribution is -0.122. The molecule has 3 aromatic rings. The zero-order chi connectivity index (χ0) is 23.4. The molecule has 2 aromatic carbocycles. The third-order valence-electron chi connectivity index (χ3n) is 6.91. The van der Waals surface area contributed by atoms with E-state index in [0.717, 1.165) is 16.0 Å². The molecule has 0 saturated carbocycles. The second-order valence-electron chi connectivity index (χ2n) is 8.90. The van der Waals surface area contributed by atoms with Crippen molar-refractivity contribution in [2.45, 2.75) is 31.3 Å². The number of halogens is 2. The summed E-state index contributed by atoms with van der Waals surface area (Å²) >= 11 is 6.07. The van der Waals surface area contributed by atoms with Crippen LogP contribution in [0.1, 0.15) is 42.5 Å². The van der Waals surface area contributed by atoms with Gasteiger partial charge in [-0.1, -0.05) is 48.0 Å². The number of hydrogen-bond acceptors (Lipinski definition) is 5. The Balaban J connectivity index is 1.40. The van der Waals surface area contributed by atoms with Gasteiger partial charge in [0.1, 0.15) is 5.82 Å². The molecule has 2 amide bonds. The largest absolute Gasteiger partial charge is 0.347 e. The van der Waals surface area contributed by atoms with E-state index in [-0.39, 0.29) is 47.5 Å². The number of anilines is 2. The van der Waals surface area contributed by atoms with E-state index in [9.17, 15) is 14.0 Å². The number of imide groups is 1. The number of nitrogens with zero attached hydrogens (tertiary/aromatic N) is 4. The summed E-state index contributed by atoms with van der Waals surface area (Å²) in [5.74, 6) is -1.03. The molecular formula is C25H21ClFN5O2. The Bertz CT molecular complexity index is 1280. The van der Waals surface area contributed by atoms with Gasteiger partial charge in [0.2, 0.25) is 17.8 Å². The molecule has 9 heteroatoms. The summed E-state index contributed by atoms with van der Waals surface area (Å²) in [5.41, 5.74) is 1.87. The highest BCUT2D eigenvalue weighted by Gasteiger charge is 2.49. The minimum Gasteiger partial charge on any atom is -0.347 e. The monoisotopic (exact) mass is 477 g/mol. The van der Waals surface area contributed by atoms with Gasteiger partial charge in [0.05, 0.1) is 23.9 Å². The van der Waals surface area contributed by atoms with Crippen molar-refractivity contribution in [1.82, 2.24) is 14.8 Å². The van der Waals surface area contributed by atoms with Crippen LogP contribution in [0.15, 0.2) is 60.7 Å². The Morgan fingerprint density at radius 1 is 0.912 bits per heavy atom. The first-order valence-electron chi connectivity index (χ1n) is 11.3. The summed E-state index contributed by atoms with van der Waals surface area (Å²) in [6, 6.07) is 13.4. The van der Waals surface area contributed by atoms with E-state index in [0.29, 0.717) is 30.2 Å². The van der Waals surface area contributed by atoms with Gasteiger partial charge < -0.3 is 5.32 Å². The standard InChI is InChI=1S/C25H21ClFN5O2/c26-16-9-5-14(6-10-16)20-13-21(15-7-11-17(27)12-8-15)32-24(28-20)29-25(30-32)31-22(33)18-3-1-2-4-19(18)23(31)34/h1-2,5-12,18-21H,3-4,13H2,(H,28,29,30)/t18-,19-,20-,21+/m0/s1. The van der Waals surface area contributed by atoms with Crippen molar-refractivity contribution >= 4 is 35.3 Å². The van der Waals surface area contributed by atoms with Gasteiger partial charge in [-0.2, -0.15) is 4.98 Å². The molecule has 6 rings (SSSR count). The first-order chi connectivity index (χ1) is 16.5. The second kappa shape index (κ2) is 8.06. The van der Waals surface area contributed by atoms with E-state index < -0.39 is 0 Å². The predicted molar refractivity (Wildman–Crippen MR) is 125 cm³/mol. The number of carbonyl (C=O) groups is 2. The van der Waals surface area contributed by atoms with Crippen LogP contribution in [0, 0.1) is 17.7 Å². The fourth-order valence-electron chi connectivity index (χ4n) is 5.13. The maximum atomic E-state index is 13.6. The smallest absolute Gasteiger partial charge is 0.260 e. The molecule has 2 aliphatic heterocycles. The first-order valence-corrected chi connectivity index (χ1v) is 11.6. The minimum absolute atomic E-state index is 0.0794. The summed E-state index contributed by atoms with van der Waals surface area (Å²) in [6.45, 7) is 0. The summed E-state index contributed by atoms with van der Waals surface area (Å²) in [4.78, 5) is 31.9. The Morgan fingerprint density at radius 3 is 2.18 bits per heavy atom. The summed E-state index contributed by atoms with van der Waals surface area (Å²) in [6.07, 6.45) is 5.61. The van der Waals surface area contributed by atoms with Gasteiger partial charge in [-0.25, -0.2) is 14.0 Å². The predicted octanol–water partition coefficient (Wildman–Crippen LogP) is 4.67. The Hall–Kier alpha value is -3.52. The Labute approximate surface area is 200 Å². The van der Waals surface area contributed by atoms with Crippen LogP contribution in [0.5, 0.6) is 0 Å². The molecule has 1 fully saturated rings. The average molecular weight is 478 g/mol. The van der Waals surface area contributed by atoms with Gasteiger partial charge in [0.15, 0.2) is 0 Å². The Morgan fingerprint density at radius 2 is 1.53 bits per heavy atom. The number of hydrogen-bond donors (Lipinski definition) is 1. The second-order valence-corrected chi connectivity index (χ2v) is 9.34. The third-order valence-corrected chi connectivity index (χ3v) is 7.16. The highest BCUT2D eigenvalue weighted by molar-refractivity contribution is 6.30. The van der Waals surface area contributed by atoms with Crippen LogP contribution < -0.4 is 10.2 Å². The molecule has 0 bridgehead atoms. The van der Waals surface area contributed by atoms with Crippen LogP contribution in [0.3, 0.4) is 0 Å². The number of benzene rings is 2. The lowest BCUT2D eigenvalue weighted by atomic mass is 9.85. The highest BCUT2D eigenvalue weighted by atomic mass is 35.5. The van der Waals surface area contributed by atoms with E-state index in [1.54, 1.807) is 16.8 Å². The molecule has 172 valence electrons. The SMILES string of the molecule is O=C1[C@H]2CC=CC[C@@H]2C(=O)N1c1nc2n(n1)[C@@H](c1ccc(F)cc1)C[C@@H](c1ccc(Cl)cc1)N2. The van der Waals surface area contributed by atoms with Crippen molar-refractivity contribution < 1.29 is 14.0 Å². The zero-order valence-electron chi connectivity index (χ0n) is 18.1. The van der Waals surface area contributed by atoms with Crippen molar-refractivity contribution in [2.75, 3.05) is 10.2 Å². The molecule has 0 spiro atoms. The van der Waals surface area contributed by atoms with Gasteiger partial charge in [0, 0.05) is 5.02 Å². The van der Waals surface area contributed by atoms with Crippen molar-refractivity contribution in [2.24, 2.45) is 11.8 Å². The van der Waals surface area contributed by atoms with E-state index in [2.05, 4.69) is 15.4 Å². The molecule has 3 aliphatic rings. The molecule has 34 heavy (non-hydrogen) atoms. The lowest BCUT2D eigenvalue weighted by Gasteiger charge is -2.31. The van der Waals surface area contributed by atoms with Gasteiger partial charge in [-0.3, -0.25) is 9.59 Å². The molecule has 3 heterocycles. The van der Waals surface area contributed by atoms with Gasteiger partial charge in [-0.05, 0) is 54.7 Å². The fraction of sp³-hybridized carbons (Fsp3) is 0.280. The molecule has 0 radical (unpaired) electrons. The molecule has 1 saturated heterocycles. The molecule has 0 unspecified atom stereocenters. The number of amides is 2. The number of rotatable bonds is 3. The van der Waals surface area contributed by atoms with Gasteiger partial charge >= 0.3 is 0 Å². The van der Waals surface area contributed by atoms with E-state index >= 15 is 0 Å². The highest BCUT2D eigenvalue weighted by Crippen LogP contribution is 2.41. The fourth-order valence-corrected chi connectivity index (χ4v) is 5.26. The van der Waals surface area contributed by atoms with Gasteiger partial charge in [0.25, 0.3) is 5.95 Å². The molecule has 7 nitrogen and oxygen atoms in total. The maximum Gasteiger partial charge on any atom is 0.260 e. The maximum absolute atomic E-state index is 13.6. The van der Waals surface area contributed by atoms with Crippen LogP contribution in [-0.2, 0) is 9.59 Å². The molecule has 4 atom stereocenters. The molecule has 1 aliphatic carbocycles. The third kappa shape index (κ3) is 3.40. The van der Waals surface area contributed by atoms with Crippen LogP contribution >= 0.6 is 11.6 Å². The van der Waals surface area contributed by atoms with Crippen LogP contribution in [0.25, 0.3) is 0 Å². The van der Waals surface area contributed by atoms with E-state index in [1.165, 1.54) is 12.1 Å². The number of aromatic nitrogens is 3.